The summed E-state index contributed by atoms with van der Waals surface area (Å²) in [6.45, 7) is 2.91. The van der Waals surface area contributed by atoms with E-state index in [0.29, 0.717) is 11.0 Å². The van der Waals surface area contributed by atoms with Gasteiger partial charge in [0.05, 0.1) is 28.8 Å². The fourth-order valence-corrected chi connectivity index (χ4v) is 7.42. The first kappa shape index (κ1) is 22.4. The van der Waals surface area contributed by atoms with Crippen molar-refractivity contribution < 1.29 is 4.79 Å². The molecule has 1 unspecified atom stereocenters. The number of carbonyl (C=O) groups is 1. The third kappa shape index (κ3) is 3.86. The van der Waals surface area contributed by atoms with Gasteiger partial charge in [-0.05, 0) is 62.6 Å². The highest BCUT2D eigenvalue weighted by atomic mass is 32.1. The fourth-order valence-electron chi connectivity index (χ4n) is 6.52. The Kier molecular flexibility index (Phi) is 5.48. The van der Waals surface area contributed by atoms with Crippen molar-refractivity contribution in [2.75, 3.05) is 0 Å². The number of rotatable bonds is 9. The maximum atomic E-state index is 13.3. The van der Waals surface area contributed by atoms with Gasteiger partial charge in [0.25, 0.3) is 0 Å². The van der Waals surface area contributed by atoms with Gasteiger partial charge in [-0.2, -0.15) is 15.5 Å². The zero-order chi connectivity index (χ0) is 24.0. The number of carbonyl (C=O) groups excluding carboxylic acids is 1. The first-order valence-electron chi connectivity index (χ1n) is 12.6. The Morgan fingerprint density at radius 2 is 2.06 bits per heavy atom. The van der Waals surface area contributed by atoms with Crippen molar-refractivity contribution in [1.82, 2.24) is 19.8 Å². The van der Waals surface area contributed by atoms with Crippen LogP contribution in [0.5, 0.6) is 0 Å². The van der Waals surface area contributed by atoms with Gasteiger partial charge in [-0.1, -0.05) is 19.3 Å². The Balaban J connectivity index is 0.932. The molecule has 0 spiro atoms. The molecule has 3 aromatic rings. The van der Waals surface area contributed by atoms with Gasteiger partial charge in [0.15, 0.2) is 0 Å². The molecule has 1 atom stereocenters. The molecule has 180 valence electrons. The number of unbranched alkanes of at least 4 members (excludes halogenated alkanes) is 3. The molecule has 0 saturated heterocycles. The lowest BCUT2D eigenvalue weighted by molar-refractivity contribution is -0.220. The molecule has 0 radical (unpaired) electrons. The van der Waals surface area contributed by atoms with Crippen molar-refractivity contribution in [2.45, 2.75) is 77.3 Å². The first-order valence-corrected chi connectivity index (χ1v) is 13.5. The average molecular weight is 487 g/mol. The maximum Gasteiger partial charge on any atom is 0.249 e. The largest absolute Gasteiger partial charge is 0.272 e. The molecular weight excluding hydrogens is 456 g/mol. The summed E-state index contributed by atoms with van der Waals surface area (Å²) in [5.41, 5.74) is 3.04. The van der Waals surface area contributed by atoms with Crippen LogP contribution in [0.2, 0.25) is 0 Å². The number of amides is 1. The quantitative estimate of drug-likeness (QED) is 0.360. The highest BCUT2D eigenvalue weighted by Gasteiger charge is 2.71. The number of hydrogen-bond donors (Lipinski definition) is 0. The van der Waals surface area contributed by atoms with Crippen LogP contribution in [0.25, 0.3) is 10.9 Å². The number of hydrazone groups is 1. The normalized spacial score (nSPS) is 26.5. The van der Waals surface area contributed by atoms with Crippen LogP contribution in [-0.4, -0.2) is 31.9 Å². The number of fused-ring (bicyclic) bond motifs is 1. The number of hydrogen-bond acceptors (Lipinski definition) is 6. The van der Waals surface area contributed by atoms with Crippen LogP contribution in [0.3, 0.4) is 0 Å². The molecule has 1 aliphatic heterocycles. The average Bonchev–Trinajstić information content (AvgIpc) is 3.55. The number of thiazole rings is 1. The molecule has 3 aliphatic carbocycles. The third-order valence-electron chi connectivity index (χ3n) is 8.15. The molecule has 3 heterocycles. The van der Waals surface area contributed by atoms with Crippen LogP contribution in [0.1, 0.15) is 80.1 Å². The lowest BCUT2D eigenvalue weighted by atomic mass is 9.34. The van der Waals surface area contributed by atoms with E-state index < -0.39 is 0 Å². The van der Waals surface area contributed by atoms with E-state index in [1.54, 1.807) is 16.3 Å². The second-order valence-corrected chi connectivity index (χ2v) is 11.6. The van der Waals surface area contributed by atoms with Crippen LogP contribution in [0, 0.1) is 29.1 Å². The minimum atomic E-state index is -0.154. The number of aromatic nitrogens is 3. The molecule has 7 nitrogen and oxygen atoms in total. The predicted molar refractivity (Wildman–Crippen MR) is 136 cm³/mol. The highest BCUT2D eigenvalue weighted by Crippen LogP contribution is 2.76. The van der Waals surface area contributed by atoms with Gasteiger partial charge in [0, 0.05) is 35.6 Å². The maximum absolute atomic E-state index is 13.3. The number of nitrogens with zero attached hydrogens (tertiary/aromatic N) is 6. The van der Waals surface area contributed by atoms with E-state index >= 15 is 0 Å². The summed E-state index contributed by atoms with van der Waals surface area (Å²) in [4.78, 5) is 17.9. The number of nitriles is 1. The molecular formula is C27H30N6OS. The van der Waals surface area contributed by atoms with Gasteiger partial charge >= 0.3 is 0 Å². The van der Waals surface area contributed by atoms with Crippen LogP contribution in [0.15, 0.2) is 34.9 Å². The van der Waals surface area contributed by atoms with Crippen molar-refractivity contribution in [2.24, 2.45) is 15.9 Å². The summed E-state index contributed by atoms with van der Waals surface area (Å²) in [5.74, 6) is 0.222. The summed E-state index contributed by atoms with van der Waals surface area (Å²) < 4.78 is 2.05. The molecule has 0 N–H and O–H groups in total. The molecule has 1 aromatic carbocycles. The summed E-state index contributed by atoms with van der Waals surface area (Å²) in [5, 5.41) is 23.8. The van der Waals surface area contributed by atoms with Crippen LogP contribution in [-0.2, 0) is 11.3 Å². The molecule has 1 amide bonds. The van der Waals surface area contributed by atoms with Crippen molar-refractivity contribution in [1.29, 1.82) is 5.26 Å². The topological polar surface area (TPSA) is 87.2 Å². The van der Waals surface area contributed by atoms with Gasteiger partial charge in [-0.25, -0.2) is 9.99 Å². The standard InChI is InChI=1S/C27H30N6OS/c1-19-15-35-24(31-19)23-8-10-29-33(23)25(34)27-16-26(17-27,18-27)9-4-2-3-5-11-32-22-7-6-20(13-28)12-21(22)14-30-32/h6-7,10,12,14-15,23H,2-5,8-9,11,16-18H2,1H3. The minimum absolute atomic E-state index is 0.00789. The minimum Gasteiger partial charge on any atom is -0.272 e. The Hall–Kier alpha value is -3.05. The molecule has 3 saturated carbocycles. The lowest BCUT2D eigenvalue weighted by Crippen LogP contribution is -2.67. The molecule has 4 aliphatic rings. The van der Waals surface area contributed by atoms with Crippen molar-refractivity contribution in [3.05, 3.63) is 46.0 Å². The number of benzene rings is 1. The van der Waals surface area contributed by atoms with E-state index in [2.05, 4.69) is 26.6 Å². The highest BCUT2D eigenvalue weighted by molar-refractivity contribution is 7.09. The van der Waals surface area contributed by atoms with Crippen LogP contribution >= 0.6 is 11.3 Å². The van der Waals surface area contributed by atoms with E-state index in [1.807, 2.05) is 42.2 Å². The van der Waals surface area contributed by atoms with Gasteiger partial charge in [-0.15, -0.1) is 11.3 Å². The van der Waals surface area contributed by atoms with E-state index in [0.717, 1.165) is 60.3 Å². The zero-order valence-electron chi connectivity index (χ0n) is 20.1. The van der Waals surface area contributed by atoms with E-state index in [1.165, 1.54) is 25.7 Å². The second-order valence-electron chi connectivity index (χ2n) is 10.8. The van der Waals surface area contributed by atoms with Gasteiger partial charge < -0.3 is 0 Å². The second kappa shape index (κ2) is 8.56. The Labute approximate surface area is 209 Å². The molecule has 2 aromatic heterocycles. The van der Waals surface area contributed by atoms with Crippen molar-refractivity contribution >= 4 is 34.4 Å². The van der Waals surface area contributed by atoms with Crippen LogP contribution in [0.4, 0.5) is 0 Å². The van der Waals surface area contributed by atoms with Gasteiger partial charge in [0.1, 0.15) is 11.0 Å². The van der Waals surface area contributed by atoms with E-state index in [-0.39, 0.29) is 17.4 Å². The van der Waals surface area contributed by atoms with E-state index in [4.69, 9.17) is 5.26 Å². The Morgan fingerprint density at radius 3 is 2.83 bits per heavy atom. The Bertz CT molecular complexity index is 1330. The SMILES string of the molecule is Cc1csc(C2CC=NN2C(=O)C23CC(CCCCCCn4ncc5cc(C#N)ccc54)(C2)C3)n1. The van der Waals surface area contributed by atoms with Crippen LogP contribution < -0.4 is 0 Å². The fraction of sp³-hybridized carbons (Fsp3) is 0.519. The van der Waals surface area contributed by atoms with E-state index in [9.17, 15) is 4.79 Å². The molecule has 35 heavy (non-hydrogen) atoms. The third-order valence-corrected chi connectivity index (χ3v) is 9.22. The van der Waals surface area contributed by atoms with Crippen molar-refractivity contribution in [3.8, 4) is 6.07 Å². The monoisotopic (exact) mass is 486 g/mol. The molecule has 8 heteroatoms. The summed E-state index contributed by atoms with van der Waals surface area (Å²) >= 11 is 1.63. The van der Waals surface area contributed by atoms with Crippen molar-refractivity contribution in [3.63, 3.8) is 0 Å². The molecule has 2 bridgehead atoms. The first-order chi connectivity index (χ1) is 17.0. The summed E-state index contributed by atoms with van der Waals surface area (Å²) in [6, 6.07) is 7.93. The zero-order valence-corrected chi connectivity index (χ0v) is 20.9. The molecule has 3 fully saturated rings. The van der Waals surface area contributed by atoms with Gasteiger partial charge in [0.2, 0.25) is 5.91 Å². The number of aryl methyl sites for hydroxylation is 2. The lowest BCUT2D eigenvalue weighted by Gasteiger charge is -2.70. The molecule has 7 rings (SSSR count). The summed E-state index contributed by atoms with van der Waals surface area (Å²) in [7, 11) is 0. The predicted octanol–water partition coefficient (Wildman–Crippen LogP) is 5.75. The Morgan fingerprint density at radius 1 is 1.23 bits per heavy atom. The smallest absolute Gasteiger partial charge is 0.249 e. The summed E-state index contributed by atoms with van der Waals surface area (Å²) in [6.07, 6.45) is 13.6. The van der Waals surface area contributed by atoms with Gasteiger partial charge in [-0.3, -0.25) is 9.48 Å².